The van der Waals surface area contributed by atoms with Gasteiger partial charge in [-0.15, -0.1) is 0 Å². The molecule has 1 atom stereocenters. The van der Waals surface area contributed by atoms with Crippen LogP contribution in [0.5, 0.6) is 0 Å². The van der Waals surface area contributed by atoms with Gasteiger partial charge in [-0.05, 0) is 45.2 Å². The topological polar surface area (TPSA) is 38.7 Å². The second-order valence-electron chi connectivity index (χ2n) is 12.8. The highest BCUT2D eigenvalue weighted by atomic mass is 31.1. The maximum Gasteiger partial charge on any atom is 0.164 e. The van der Waals surface area contributed by atoms with Crippen molar-refractivity contribution in [1.29, 1.82) is 0 Å². The minimum atomic E-state index is -0.783. The molecular formula is C46H30N3P. The number of rotatable bonds is 5. The van der Waals surface area contributed by atoms with Gasteiger partial charge in [0.15, 0.2) is 17.5 Å². The smallest absolute Gasteiger partial charge is 0.164 e. The Morgan fingerprint density at radius 3 is 1.48 bits per heavy atom. The Hall–Kier alpha value is -6.15. The second-order valence-corrected chi connectivity index (χ2v) is 14.9. The molecule has 0 radical (unpaired) electrons. The molecule has 0 saturated heterocycles. The van der Waals surface area contributed by atoms with E-state index in [4.69, 9.17) is 15.0 Å². The summed E-state index contributed by atoms with van der Waals surface area (Å²) in [6, 6.07) is 65.4. The van der Waals surface area contributed by atoms with E-state index in [-0.39, 0.29) is 0 Å². The largest absolute Gasteiger partial charge is 0.208 e. The van der Waals surface area contributed by atoms with Gasteiger partial charge < -0.3 is 0 Å². The summed E-state index contributed by atoms with van der Waals surface area (Å²) in [7, 11) is -0.783. The summed E-state index contributed by atoms with van der Waals surface area (Å²) in [6.07, 6.45) is 0. The number of hydrogen-bond donors (Lipinski definition) is 0. The zero-order chi connectivity index (χ0) is 33.1. The summed E-state index contributed by atoms with van der Waals surface area (Å²) >= 11 is 0. The molecule has 10 rings (SSSR count). The molecule has 7 aromatic carbocycles. The number of nitrogens with zero attached hydrogens (tertiary/aromatic N) is 3. The summed E-state index contributed by atoms with van der Waals surface area (Å²) in [5.41, 5.74) is 7.45. The van der Waals surface area contributed by atoms with Crippen molar-refractivity contribution in [3.8, 4) is 39.5 Å². The van der Waals surface area contributed by atoms with Gasteiger partial charge in [-0.1, -0.05) is 177 Å². The lowest BCUT2D eigenvalue weighted by Gasteiger charge is -2.41. The molecule has 3 nitrogen and oxygen atoms in total. The predicted octanol–water partition coefficient (Wildman–Crippen LogP) is 11.9. The Morgan fingerprint density at radius 1 is 0.380 bits per heavy atom. The van der Waals surface area contributed by atoms with Crippen LogP contribution in [0.1, 0.15) is 22.3 Å². The highest BCUT2D eigenvalue weighted by molar-refractivity contribution is 7.68. The van der Waals surface area contributed by atoms with E-state index in [1.54, 1.807) is 0 Å². The normalized spacial score (nSPS) is 13.3. The van der Waals surface area contributed by atoms with E-state index in [0.717, 1.165) is 16.7 Å². The fourth-order valence-corrected chi connectivity index (χ4v) is 11.0. The van der Waals surface area contributed by atoms with Gasteiger partial charge in [0.2, 0.25) is 0 Å². The summed E-state index contributed by atoms with van der Waals surface area (Å²) in [5, 5.41) is 6.97. The van der Waals surface area contributed by atoms with Crippen LogP contribution in [0.2, 0.25) is 0 Å². The molecule has 0 fully saturated rings. The van der Waals surface area contributed by atoms with Crippen LogP contribution < -0.4 is 0 Å². The first kappa shape index (κ1) is 28.8. The van der Waals surface area contributed by atoms with E-state index >= 15 is 0 Å². The average molecular weight is 656 g/mol. The van der Waals surface area contributed by atoms with Crippen LogP contribution in [0.3, 0.4) is 0 Å². The zero-order valence-electron chi connectivity index (χ0n) is 27.1. The Labute approximate surface area is 291 Å². The van der Waals surface area contributed by atoms with E-state index < -0.39 is 12.9 Å². The van der Waals surface area contributed by atoms with E-state index in [9.17, 15) is 0 Å². The summed E-state index contributed by atoms with van der Waals surface area (Å²) in [6.45, 7) is 0. The van der Waals surface area contributed by atoms with Gasteiger partial charge in [0.1, 0.15) is 0 Å². The Morgan fingerprint density at radius 2 is 0.880 bits per heavy atom. The van der Waals surface area contributed by atoms with Crippen molar-refractivity contribution in [3.05, 3.63) is 204 Å². The van der Waals surface area contributed by atoms with Crippen LogP contribution >= 0.6 is 7.53 Å². The third-order valence-electron chi connectivity index (χ3n) is 10.1. The minimum absolute atomic E-state index is 0.558. The number of aromatic nitrogens is 3. The fraction of sp³-hybridized carbons (Fsp3) is 0.0217. The molecule has 0 spiro atoms. The fourth-order valence-electron chi connectivity index (χ4n) is 7.99. The maximum atomic E-state index is 5.15. The molecule has 1 unspecified atom stereocenters. The maximum absolute atomic E-state index is 5.15. The molecule has 0 bridgehead atoms. The first-order valence-electron chi connectivity index (χ1n) is 17.0. The molecule has 9 aromatic rings. The number of benzene rings is 7. The second kappa shape index (κ2) is 11.5. The van der Waals surface area contributed by atoms with Gasteiger partial charge >= 0.3 is 0 Å². The van der Waals surface area contributed by atoms with Gasteiger partial charge in [-0.25, -0.2) is 15.0 Å². The van der Waals surface area contributed by atoms with Crippen molar-refractivity contribution in [1.82, 2.24) is 15.0 Å². The number of fused-ring (bicyclic) bond motifs is 5. The van der Waals surface area contributed by atoms with Gasteiger partial charge in [-0.2, -0.15) is 0 Å². The van der Waals surface area contributed by atoms with Crippen LogP contribution in [0, 0.1) is 0 Å². The molecule has 234 valence electrons. The Bertz CT molecular complexity index is 2590. The summed E-state index contributed by atoms with van der Waals surface area (Å²) in [4.78, 5) is 15.3. The molecule has 0 saturated carbocycles. The summed E-state index contributed by atoms with van der Waals surface area (Å²) in [5.74, 6) is 1.98. The molecule has 0 aliphatic carbocycles. The monoisotopic (exact) mass is 655 g/mol. The quantitative estimate of drug-likeness (QED) is 0.185. The van der Waals surface area contributed by atoms with E-state index in [2.05, 4.69) is 146 Å². The van der Waals surface area contributed by atoms with E-state index in [1.165, 1.54) is 48.6 Å². The molecule has 4 heteroatoms. The van der Waals surface area contributed by atoms with Crippen molar-refractivity contribution in [2.75, 3.05) is 0 Å². The molecular weight excluding hydrogens is 626 g/mol. The lowest BCUT2D eigenvalue weighted by atomic mass is 9.64. The van der Waals surface area contributed by atoms with Crippen LogP contribution in [0.25, 0.3) is 60.5 Å². The highest BCUT2D eigenvalue weighted by Crippen LogP contribution is 2.66. The van der Waals surface area contributed by atoms with Gasteiger partial charge in [0, 0.05) is 32.2 Å². The Balaban J connectivity index is 1.33. The molecule has 50 heavy (non-hydrogen) atoms. The SMILES string of the molecule is c1ccc(-c2nc(-c3ccccc3)nc(-c3ccc4c(c3)C(c3ccccc3)(c3ccccc3)c3cccc5c6ccccc6p-4c35)n2)cc1. The molecule has 1 aliphatic heterocycles. The molecule has 0 N–H and O–H groups in total. The van der Waals surface area contributed by atoms with Crippen molar-refractivity contribution in [2.45, 2.75) is 5.41 Å². The first-order valence-corrected chi connectivity index (χ1v) is 18.3. The lowest BCUT2D eigenvalue weighted by molar-refractivity contribution is 0.756. The van der Waals surface area contributed by atoms with Gasteiger partial charge in [0.25, 0.3) is 0 Å². The van der Waals surface area contributed by atoms with Crippen LogP contribution in [-0.4, -0.2) is 15.0 Å². The molecule has 1 aliphatic rings. The van der Waals surface area contributed by atoms with Crippen molar-refractivity contribution >= 4 is 28.5 Å². The third-order valence-corrected chi connectivity index (χ3v) is 12.8. The first-order chi connectivity index (χ1) is 24.8. The van der Waals surface area contributed by atoms with Crippen LogP contribution in [0.15, 0.2) is 182 Å². The standard InChI is InChI=1S/C46H30N3P/c1-5-16-31(17-6-1)43-47-44(32-18-7-2-8-19-32)49-45(48-43)33-28-29-41-39(30-33)46(34-20-9-3-10-21-34,35-22-11-4-12-23-35)38-26-15-25-37-36-24-13-14-27-40(36)50(41)42(37)38/h1-30H. The zero-order valence-corrected chi connectivity index (χ0v) is 28.0. The minimum Gasteiger partial charge on any atom is -0.208 e. The highest BCUT2D eigenvalue weighted by Gasteiger charge is 2.45. The van der Waals surface area contributed by atoms with Crippen LogP contribution in [0.4, 0.5) is 0 Å². The van der Waals surface area contributed by atoms with Crippen LogP contribution in [-0.2, 0) is 5.41 Å². The van der Waals surface area contributed by atoms with Crippen molar-refractivity contribution in [3.63, 3.8) is 0 Å². The molecule has 0 amide bonds. The average Bonchev–Trinajstić information content (AvgIpc) is 3.54. The molecule has 2 aromatic heterocycles. The van der Waals surface area contributed by atoms with E-state index in [1.807, 2.05) is 36.4 Å². The lowest BCUT2D eigenvalue weighted by Crippen LogP contribution is -2.32. The molecule has 3 heterocycles. The van der Waals surface area contributed by atoms with Gasteiger partial charge in [-0.3, -0.25) is 0 Å². The van der Waals surface area contributed by atoms with Crippen molar-refractivity contribution in [2.24, 2.45) is 0 Å². The Kier molecular flexibility index (Phi) is 6.62. The number of hydrogen-bond acceptors (Lipinski definition) is 3. The van der Waals surface area contributed by atoms with Gasteiger partial charge in [0.05, 0.1) is 5.41 Å². The third kappa shape index (κ3) is 4.27. The predicted molar refractivity (Wildman–Crippen MR) is 207 cm³/mol. The summed E-state index contributed by atoms with van der Waals surface area (Å²) < 4.78 is 0. The van der Waals surface area contributed by atoms with Crippen molar-refractivity contribution < 1.29 is 0 Å². The van der Waals surface area contributed by atoms with E-state index in [0.29, 0.717) is 17.5 Å².